The lowest BCUT2D eigenvalue weighted by molar-refractivity contribution is -0.144. The molecule has 0 radical (unpaired) electrons. The molecule has 0 aliphatic carbocycles. The fourth-order valence-electron chi connectivity index (χ4n) is 4.36. The molecule has 4 N–H and O–H groups in total. The Morgan fingerprint density at radius 2 is 1.91 bits per heavy atom. The molecular weight excluding hydrogens is 420 g/mol. The highest BCUT2D eigenvalue weighted by atomic mass is 16.5. The second-order valence-electron chi connectivity index (χ2n) is 8.49. The fraction of sp³-hybridized carbons (Fsp3) is 0.440. The fourth-order valence-corrected chi connectivity index (χ4v) is 4.36. The third-order valence-electron chi connectivity index (χ3n) is 5.71. The minimum Gasteiger partial charge on any atom is -0.466 e. The number of nitrogens with two attached hydrogens (primary N) is 1. The molecule has 3 unspecified atom stereocenters. The summed E-state index contributed by atoms with van der Waals surface area (Å²) in [6.45, 7) is 8.18. The quantitative estimate of drug-likeness (QED) is 0.411. The van der Waals surface area contributed by atoms with Crippen molar-refractivity contribution in [1.82, 2.24) is 10.2 Å². The zero-order chi connectivity index (χ0) is 24.0. The number of anilines is 3. The Kier molecular flexibility index (Phi) is 8.30. The van der Waals surface area contributed by atoms with Crippen LogP contribution < -0.4 is 16.4 Å². The number of nitrogens with zero attached hydrogens (tertiary/aromatic N) is 1. The summed E-state index contributed by atoms with van der Waals surface area (Å²) in [5.41, 5.74) is 9.55. The number of hydrogen-bond acceptors (Lipinski definition) is 8. The van der Waals surface area contributed by atoms with Gasteiger partial charge in [-0.05, 0) is 56.7 Å². The highest BCUT2D eigenvalue weighted by molar-refractivity contribution is 5.92. The van der Waals surface area contributed by atoms with Crippen molar-refractivity contribution in [2.24, 2.45) is 0 Å². The summed E-state index contributed by atoms with van der Waals surface area (Å²) >= 11 is 0. The summed E-state index contributed by atoms with van der Waals surface area (Å²) in [7, 11) is 1.34. The number of benzene rings is 2. The number of hydrogen-bond donors (Lipinski definition) is 3. The standard InChI is InChI=1S/C25H34N4O4/c1-5-33-24(30)13-23(29-14-16(2)27-17(3)15-29)18-7-6-8-20(11-18)28-22-10-9-19(12-21(22)26)25(31)32-4/h6-12,16-17,23,27-28H,5,13-15,26H2,1-4H3. The van der Waals surface area contributed by atoms with E-state index in [0.29, 0.717) is 35.6 Å². The van der Waals surface area contributed by atoms with Crippen LogP contribution in [0.15, 0.2) is 42.5 Å². The van der Waals surface area contributed by atoms with E-state index in [1.165, 1.54) is 7.11 Å². The van der Waals surface area contributed by atoms with E-state index in [1.807, 2.05) is 31.2 Å². The van der Waals surface area contributed by atoms with Crippen LogP contribution in [-0.4, -0.2) is 55.7 Å². The van der Waals surface area contributed by atoms with Crippen LogP contribution in [0.1, 0.15) is 49.2 Å². The van der Waals surface area contributed by atoms with Crippen molar-refractivity contribution in [3.63, 3.8) is 0 Å². The van der Waals surface area contributed by atoms with Gasteiger partial charge in [-0.2, -0.15) is 0 Å². The lowest BCUT2D eigenvalue weighted by Gasteiger charge is -2.41. The number of nitrogen functional groups attached to an aromatic ring is 1. The van der Waals surface area contributed by atoms with Gasteiger partial charge in [0.15, 0.2) is 0 Å². The Labute approximate surface area is 195 Å². The topological polar surface area (TPSA) is 106 Å². The minimum atomic E-state index is -0.434. The van der Waals surface area contributed by atoms with Gasteiger partial charge in [-0.15, -0.1) is 0 Å². The van der Waals surface area contributed by atoms with E-state index >= 15 is 0 Å². The first-order chi connectivity index (χ1) is 15.8. The zero-order valence-corrected chi connectivity index (χ0v) is 19.8. The van der Waals surface area contributed by atoms with Crippen molar-refractivity contribution < 1.29 is 19.1 Å². The number of esters is 2. The Hall–Kier alpha value is -3.10. The molecule has 0 aromatic heterocycles. The van der Waals surface area contributed by atoms with Crippen molar-refractivity contribution in [1.29, 1.82) is 0 Å². The smallest absolute Gasteiger partial charge is 0.337 e. The van der Waals surface area contributed by atoms with Crippen molar-refractivity contribution in [3.8, 4) is 0 Å². The first-order valence-electron chi connectivity index (χ1n) is 11.3. The highest BCUT2D eigenvalue weighted by Crippen LogP contribution is 2.31. The molecule has 1 saturated heterocycles. The molecule has 1 fully saturated rings. The molecule has 3 rings (SSSR count). The van der Waals surface area contributed by atoms with Gasteiger partial charge in [0.1, 0.15) is 0 Å². The summed E-state index contributed by atoms with van der Waals surface area (Å²) in [5, 5.41) is 6.87. The number of rotatable bonds is 8. The maximum atomic E-state index is 12.4. The van der Waals surface area contributed by atoms with Gasteiger partial charge in [0.05, 0.1) is 37.1 Å². The predicted molar refractivity (Wildman–Crippen MR) is 130 cm³/mol. The minimum absolute atomic E-state index is 0.100. The summed E-state index contributed by atoms with van der Waals surface area (Å²) < 4.78 is 10.0. The molecule has 2 aromatic rings. The number of piperazine rings is 1. The largest absolute Gasteiger partial charge is 0.466 e. The first kappa shape index (κ1) is 24.5. The van der Waals surface area contributed by atoms with Crippen LogP contribution in [0.3, 0.4) is 0 Å². The van der Waals surface area contributed by atoms with Crippen LogP contribution in [0.4, 0.5) is 17.1 Å². The van der Waals surface area contributed by atoms with Crippen molar-refractivity contribution in [2.75, 3.05) is 37.9 Å². The third kappa shape index (κ3) is 6.46. The van der Waals surface area contributed by atoms with Gasteiger partial charge in [-0.3, -0.25) is 9.69 Å². The Bertz CT molecular complexity index is 971. The molecule has 0 amide bonds. The average molecular weight is 455 g/mol. The summed E-state index contributed by atoms with van der Waals surface area (Å²) in [4.78, 5) is 26.5. The van der Waals surface area contributed by atoms with Crippen LogP contribution in [0, 0.1) is 0 Å². The number of carbonyl (C=O) groups excluding carboxylic acids is 2. The summed E-state index contributed by atoms with van der Waals surface area (Å²) in [5.74, 6) is -0.640. The van der Waals surface area contributed by atoms with Gasteiger partial charge < -0.3 is 25.8 Å². The normalized spacial score (nSPS) is 19.5. The molecule has 1 aliphatic rings. The van der Waals surface area contributed by atoms with E-state index in [-0.39, 0.29) is 18.4 Å². The molecule has 33 heavy (non-hydrogen) atoms. The van der Waals surface area contributed by atoms with Gasteiger partial charge in [0.25, 0.3) is 0 Å². The number of ether oxygens (including phenoxy) is 2. The van der Waals surface area contributed by atoms with Gasteiger partial charge in [-0.1, -0.05) is 12.1 Å². The average Bonchev–Trinajstić information content (AvgIpc) is 2.78. The van der Waals surface area contributed by atoms with E-state index in [2.05, 4.69) is 29.4 Å². The van der Waals surface area contributed by atoms with Gasteiger partial charge in [0.2, 0.25) is 0 Å². The third-order valence-corrected chi connectivity index (χ3v) is 5.71. The van der Waals surface area contributed by atoms with Crippen LogP contribution in [0.25, 0.3) is 0 Å². The second-order valence-corrected chi connectivity index (χ2v) is 8.49. The van der Waals surface area contributed by atoms with E-state index in [4.69, 9.17) is 15.2 Å². The molecule has 8 nitrogen and oxygen atoms in total. The maximum Gasteiger partial charge on any atom is 0.337 e. The molecule has 0 spiro atoms. The lowest BCUT2D eigenvalue weighted by atomic mass is 9.98. The maximum absolute atomic E-state index is 12.4. The lowest BCUT2D eigenvalue weighted by Crippen LogP contribution is -2.55. The van der Waals surface area contributed by atoms with Crippen molar-refractivity contribution in [3.05, 3.63) is 53.6 Å². The van der Waals surface area contributed by atoms with Gasteiger partial charge >= 0.3 is 11.9 Å². The van der Waals surface area contributed by atoms with Crippen LogP contribution >= 0.6 is 0 Å². The molecule has 1 aliphatic heterocycles. The zero-order valence-electron chi connectivity index (χ0n) is 19.8. The monoisotopic (exact) mass is 454 g/mol. The Morgan fingerprint density at radius 3 is 2.55 bits per heavy atom. The number of carbonyl (C=O) groups is 2. The number of nitrogens with one attached hydrogen (secondary N) is 2. The molecule has 1 heterocycles. The number of methoxy groups -OCH3 is 1. The molecule has 178 valence electrons. The summed E-state index contributed by atoms with van der Waals surface area (Å²) in [6.07, 6.45) is 0.284. The van der Waals surface area contributed by atoms with Crippen molar-refractivity contribution in [2.45, 2.75) is 45.3 Å². The molecule has 0 bridgehead atoms. The predicted octanol–water partition coefficient (Wildman–Crippen LogP) is 3.48. The molecule has 8 heteroatoms. The van der Waals surface area contributed by atoms with Gasteiger partial charge in [0, 0.05) is 36.9 Å². The SMILES string of the molecule is CCOC(=O)CC(c1cccc(Nc2ccc(C(=O)OC)cc2N)c1)N1CC(C)NC(C)C1. The highest BCUT2D eigenvalue weighted by Gasteiger charge is 2.30. The molecule has 3 atom stereocenters. The van der Waals surface area contributed by atoms with E-state index in [1.54, 1.807) is 18.2 Å². The van der Waals surface area contributed by atoms with Crippen LogP contribution in [0.2, 0.25) is 0 Å². The van der Waals surface area contributed by atoms with Crippen LogP contribution in [0.5, 0.6) is 0 Å². The Balaban J connectivity index is 1.85. The van der Waals surface area contributed by atoms with Gasteiger partial charge in [-0.25, -0.2) is 4.79 Å². The Morgan fingerprint density at radius 1 is 1.18 bits per heavy atom. The molecule has 2 aromatic carbocycles. The van der Waals surface area contributed by atoms with E-state index < -0.39 is 5.97 Å². The molecule has 0 saturated carbocycles. The summed E-state index contributed by atoms with van der Waals surface area (Å²) in [6, 6.07) is 13.5. The van der Waals surface area contributed by atoms with Crippen molar-refractivity contribution >= 4 is 29.0 Å². The van der Waals surface area contributed by atoms with E-state index in [9.17, 15) is 9.59 Å². The van der Waals surface area contributed by atoms with E-state index in [0.717, 1.165) is 24.3 Å². The second kappa shape index (κ2) is 11.2. The molecular formula is C25H34N4O4. The van der Waals surface area contributed by atoms with Crippen LogP contribution in [-0.2, 0) is 14.3 Å². The first-order valence-corrected chi connectivity index (χ1v) is 11.3.